The summed E-state index contributed by atoms with van der Waals surface area (Å²) in [6, 6.07) is 18.3. The maximum atomic E-state index is 12.6. The molecule has 0 spiro atoms. The van der Waals surface area contributed by atoms with Gasteiger partial charge in [-0.15, -0.1) is 5.10 Å². The summed E-state index contributed by atoms with van der Waals surface area (Å²) < 4.78 is 1.68. The molecule has 3 aromatic rings. The number of piperazine rings is 1. The number of para-hydroxylation sites is 1. The van der Waals surface area contributed by atoms with Crippen molar-refractivity contribution < 1.29 is 4.79 Å². The van der Waals surface area contributed by atoms with Gasteiger partial charge in [-0.3, -0.25) is 4.79 Å². The highest BCUT2D eigenvalue weighted by atomic mass is 32.2. The zero-order valence-electron chi connectivity index (χ0n) is 15.7. The Labute approximate surface area is 168 Å². The first-order chi connectivity index (χ1) is 13.7. The van der Waals surface area contributed by atoms with Crippen molar-refractivity contribution in [2.75, 3.05) is 36.8 Å². The van der Waals surface area contributed by atoms with Crippen molar-refractivity contribution >= 4 is 23.4 Å². The van der Waals surface area contributed by atoms with E-state index in [4.69, 9.17) is 0 Å². The van der Waals surface area contributed by atoms with Gasteiger partial charge in [-0.05, 0) is 47.2 Å². The number of nitrogens with zero attached hydrogens (tertiary/aromatic N) is 6. The van der Waals surface area contributed by atoms with Crippen LogP contribution in [0.3, 0.4) is 0 Å². The van der Waals surface area contributed by atoms with Crippen LogP contribution in [0.4, 0.5) is 5.69 Å². The van der Waals surface area contributed by atoms with Gasteiger partial charge in [0.05, 0.1) is 11.4 Å². The molecule has 28 heavy (non-hydrogen) atoms. The van der Waals surface area contributed by atoms with Crippen LogP contribution in [0.5, 0.6) is 0 Å². The number of aryl methyl sites for hydroxylation is 1. The first-order valence-electron chi connectivity index (χ1n) is 9.27. The van der Waals surface area contributed by atoms with Crippen LogP contribution in [0.2, 0.25) is 0 Å². The van der Waals surface area contributed by atoms with Gasteiger partial charge in [0.25, 0.3) is 0 Å². The Morgan fingerprint density at radius 2 is 1.75 bits per heavy atom. The summed E-state index contributed by atoms with van der Waals surface area (Å²) in [5.74, 6) is 0.453. The first kappa shape index (κ1) is 18.5. The van der Waals surface area contributed by atoms with Crippen molar-refractivity contribution in [3.8, 4) is 5.69 Å². The van der Waals surface area contributed by atoms with Crippen LogP contribution in [0.15, 0.2) is 59.8 Å². The second kappa shape index (κ2) is 8.43. The van der Waals surface area contributed by atoms with E-state index in [0.717, 1.165) is 37.4 Å². The first-order valence-corrected chi connectivity index (χ1v) is 10.3. The number of hydrogen-bond acceptors (Lipinski definition) is 6. The number of aromatic nitrogens is 4. The molecule has 7 nitrogen and oxygen atoms in total. The van der Waals surface area contributed by atoms with E-state index in [-0.39, 0.29) is 5.91 Å². The van der Waals surface area contributed by atoms with E-state index in [1.165, 1.54) is 17.4 Å². The lowest BCUT2D eigenvalue weighted by molar-refractivity contribution is -0.128. The normalized spacial score (nSPS) is 14.3. The van der Waals surface area contributed by atoms with Crippen molar-refractivity contribution in [2.24, 2.45) is 0 Å². The standard InChI is InChI=1S/C20H22N6OS/c1-16-6-5-9-18(14-16)26-20(21-22-23-26)28-15-19(27)25-12-10-24(11-13-25)17-7-3-2-4-8-17/h2-9,14H,10-13,15H2,1H3. The number of carbonyl (C=O) groups is 1. The molecule has 0 unspecified atom stereocenters. The monoisotopic (exact) mass is 394 g/mol. The highest BCUT2D eigenvalue weighted by Crippen LogP contribution is 2.20. The molecule has 0 radical (unpaired) electrons. The number of benzene rings is 2. The largest absolute Gasteiger partial charge is 0.368 e. The number of tetrazole rings is 1. The van der Waals surface area contributed by atoms with Crippen LogP contribution in [-0.2, 0) is 4.79 Å². The molecule has 1 aliphatic heterocycles. The fourth-order valence-corrected chi connectivity index (χ4v) is 4.05. The number of amides is 1. The van der Waals surface area contributed by atoms with Crippen LogP contribution in [0.25, 0.3) is 5.69 Å². The number of rotatable bonds is 5. The second-order valence-electron chi connectivity index (χ2n) is 6.70. The lowest BCUT2D eigenvalue weighted by atomic mass is 10.2. The SMILES string of the molecule is Cc1cccc(-n2nnnc2SCC(=O)N2CCN(c3ccccc3)CC2)c1. The molecule has 0 atom stereocenters. The fraction of sp³-hybridized carbons (Fsp3) is 0.300. The van der Waals surface area contributed by atoms with E-state index in [0.29, 0.717) is 10.9 Å². The molecule has 1 fully saturated rings. The van der Waals surface area contributed by atoms with Gasteiger partial charge in [-0.25, -0.2) is 0 Å². The Balaban J connectivity index is 1.33. The molecule has 0 N–H and O–H groups in total. The molecule has 2 aromatic carbocycles. The summed E-state index contributed by atoms with van der Waals surface area (Å²) in [4.78, 5) is 16.9. The molecule has 4 rings (SSSR count). The zero-order chi connectivity index (χ0) is 19.3. The molecule has 144 valence electrons. The van der Waals surface area contributed by atoms with Crippen LogP contribution in [0, 0.1) is 6.92 Å². The summed E-state index contributed by atoms with van der Waals surface area (Å²) >= 11 is 1.38. The van der Waals surface area contributed by atoms with Crippen LogP contribution in [0.1, 0.15) is 5.56 Å². The molecular formula is C20H22N6OS. The molecule has 1 amide bonds. The van der Waals surface area contributed by atoms with Crippen molar-refractivity contribution in [1.29, 1.82) is 0 Å². The van der Waals surface area contributed by atoms with E-state index in [1.807, 2.05) is 54.3 Å². The average Bonchev–Trinajstić information content (AvgIpc) is 3.21. The van der Waals surface area contributed by atoms with Crippen molar-refractivity contribution in [3.63, 3.8) is 0 Å². The molecule has 0 aliphatic carbocycles. The van der Waals surface area contributed by atoms with Crippen LogP contribution in [-0.4, -0.2) is 62.9 Å². The van der Waals surface area contributed by atoms with Gasteiger partial charge in [0.1, 0.15) is 0 Å². The van der Waals surface area contributed by atoms with E-state index in [2.05, 4.69) is 32.6 Å². The minimum Gasteiger partial charge on any atom is -0.368 e. The summed E-state index contributed by atoms with van der Waals surface area (Å²) in [5.41, 5.74) is 3.24. The molecule has 1 aliphatic rings. The lowest BCUT2D eigenvalue weighted by Crippen LogP contribution is -2.49. The third kappa shape index (κ3) is 4.17. The highest BCUT2D eigenvalue weighted by Gasteiger charge is 2.22. The summed E-state index contributed by atoms with van der Waals surface area (Å²) in [6.07, 6.45) is 0. The second-order valence-corrected chi connectivity index (χ2v) is 7.65. The Morgan fingerprint density at radius 1 is 1.00 bits per heavy atom. The third-order valence-corrected chi connectivity index (χ3v) is 5.67. The molecule has 1 saturated heterocycles. The van der Waals surface area contributed by atoms with E-state index < -0.39 is 0 Å². The summed E-state index contributed by atoms with van der Waals surface area (Å²) in [7, 11) is 0. The minimum absolute atomic E-state index is 0.122. The maximum Gasteiger partial charge on any atom is 0.233 e. The minimum atomic E-state index is 0.122. The fourth-order valence-electron chi connectivity index (χ4n) is 3.26. The molecule has 8 heteroatoms. The highest BCUT2D eigenvalue weighted by molar-refractivity contribution is 7.99. The van der Waals surface area contributed by atoms with Crippen LogP contribution < -0.4 is 4.90 Å². The summed E-state index contributed by atoms with van der Waals surface area (Å²) in [5, 5.41) is 12.5. The summed E-state index contributed by atoms with van der Waals surface area (Å²) in [6.45, 7) is 5.19. The van der Waals surface area contributed by atoms with Crippen molar-refractivity contribution in [3.05, 3.63) is 60.2 Å². The number of carbonyl (C=O) groups excluding carboxylic acids is 1. The molecular weight excluding hydrogens is 372 g/mol. The average molecular weight is 395 g/mol. The lowest BCUT2D eigenvalue weighted by Gasteiger charge is -2.36. The molecule has 1 aromatic heterocycles. The predicted octanol–water partition coefficient (Wildman–Crippen LogP) is 2.41. The van der Waals surface area contributed by atoms with Gasteiger partial charge in [-0.1, -0.05) is 42.1 Å². The zero-order valence-corrected chi connectivity index (χ0v) is 16.5. The quantitative estimate of drug-likeness (QED) is 0.619. The van der Waals surface area contributed by atoms with E-state index in [1.54, 1.807) is 4.68 Å². The Bertz CT molecular complexity index is 937. The number of anilines is 1. The van der Waals surface area contributed by atoms with Crippen molar-refractivity contribution in [2.45, 2.75) is 12.1 Å². The van der Waals surface area contributed by atoms with Gasteiger partial charge >= 0.3 is 0 Å². The van der Waals surface area contributed by atoms with Crippen LogP contribution >= 0.6 is 11.8 Å². The molecule has 0 saturated carbocycles. The van der Waals surface area contributed by atoms with Crippen molar-refractivity contribution in [1.82, 2.24) is 25.1 Å². The van der Waals surface area contributed by atoms with Gasteiger partial charge in [0, 0.05) is 31.9 Å². The smallest absolute Gasteiger partial charge is 0.233 e. The number of hydrogen-bond donors (Lipinski definition) is 0. The van der Waals surface area contributed by atoms with Gasteiger partial charge < -0.3 is 9.80 Å². The third-order valence-electron chi connectivity index (χ3n) is 4.77. The Morgan fingerprint density at radius 3 is 2.50 bits per heavy atom. The van der Waals surface area contributed by atoms with Gasteiger partial charge in [-0.2, -0.15) is 4.68 Å². The topological polar surface area (TPSA) is 67.2 Å². The molecule has 0 bridgehead atoms. The molecule has 2 heterocycles. The Kier molecular flexibility index (Phi) is 5.57. The maximum absolute atomic E-state index is 12.6. The predicted molar refractivity (Wildman–Crippen MR) is 110 cm³/mol. The van der Waals surface area contributed by atoms with E-state index in [9.17, 15) is 4.79 Å². The van der Waals surface area contributed by atoms with Gasteiger partial charge in [0.2, 0.25) is 11.1 Å². The number of thioether (sulfide) groups is 1. The van der Waals surface area contributed by atoms with E-state index >= 15 is 0 Å². The van der Waals surface area contributed by atoms with Gasteiger partial charge in [0.15, 0.2) is 0 Å². The Hall–Kier alpha value is -2.87.